The molecule has 1 aromatic heterocycles. The number of rotatable bonds is 0. The van der Waals surface area contributed by atoms with Gasteiger partial charge in [0.2, 0.25) is 5.91 Å². The summed E-state index contributed by atoms with van der Waals surface area (Å²) >= 11 is 3.28. The Kier molecular flexibility index (Phi) is 1.76. The first-order valence-electron chi connectivity index (χ1n) is 3.83. The van der Waals surface area contributed by atoms with E-state index >= 15 is 0 Å². The first kappa shape index (κ1) is 8.50. The molecule has 0 aromatic carbocycles. The monoisotopic (exact) mass is 242 g/mol. The molecule has 0 spiro atoms. The Balaban J connectivity index is 2.63. The zero-order valence-corrected chi connectivity index (χ0v) is 8.46. The summed E-state index contributed by atoms with van der Waals surface area (Å²) in [6.45, 7) is 1.75. The summed E-state index contributed by atoms with van der Waals surface area (Å²) in [5, 5.41) is 2.28. The molecule has 0 bridgehead atoms. The Morgan fingerprint density at radius 3 is 2.85 bits per heavy atom. The fourth-order valence-corrected chi connectivity index (χ4v) is 2.03. The van der Waals surface area contributed by atoms with Crippen LogP contribution in [0.4, 0.5) is 0 Å². The van der Waals surface area contributed by atoms with Crippen molar-refractivity contribution < 1.29 is 9.59 Å². The lowest BCUT2D eigenvalue weighted by atomic mass is 10.2. The number of fused-ring (bicyclic) bond motifs is 1. The lowest BCUT2D eigenvalue weighted by Gasteiger charge is -2.22. The Hall–Kier alpha value is -1.10. The molecule has 0 radical (unpaired) electrons. The Morgan fingerprint density at radius 1 is 1.46 bits per heavy atom. The normalized spacial score (nSPS) is 21.2. The van der Waals surface area contributed by atoms with Crippen LogP contribution in [0.15, 0.2) is 16.7 Å². The molecule has 0 saturated heterocycles. The van der Waals surface area contributed by atoms with Gasteiger partial charge in [-0.3, -0.25) is 14.9 Å². The zero-order valence-electron chi connectivity index (χ0n) is 6.87. The number of nitrogens with zero attached hydrogens (tertiary/aromatic N) is 1. The van der Waals surface area contributed by atoms with Crippen LogP contribution >= 0.6 is 15.9 Å². The average molecular weight is 243 g/mol. The van der Waals surface area contributed by atoms with Crippen molar-refractivity contribution in [1.29, 1.82) is 0 Å². The average Bonchev–Trinajstić information content (AvgIpc) is 2.44. The molecule has 2 heterocycles. The Labute approximate surface area is 83.0 Å². The van der Waals surface area contributed by atoms with Gasteiger partial charge in [0, 0.05) is 0 Å². The van der Waals surface area contributed by atoms with Gasteiger partial charge in [0.25, 0.3) is 5.91 Å². The van der Waals surface area contributed by atoms with E-state index in [1.807, 2.05) is 0 Å². The van der Waals surface area contributed by atoms with E-state index in [2.05, 4.69) is 21.2 Å². The van der Waals surface area contributed by atoms with Crippen LogP contribution in [-0.2, 0) is 4.79 Å². The maximum absolute atomic E-state index is 11.3. The van der Waals surface area contributed by atoms with Gasteiger partial charge in [-0.15, -0.1) is 0 Å². The molecule has 1 aromatic rings. The van der Waals surface area contributed by atoms with E-state index in [-0.39, 0.29) is 17.9 Å². The van der Waals surface area contributed by atoms with E-state index in [9.17, 15) is 9.59 Å². The SMILES string of the molecule is C[C@H]1C(=O)NC(=O)c2ccc(Br)n21. The lowest BCUT2D eigenvalue weighted by molar-refractivity contribution is -0.123. The molecule has 5 heteroatoms. The first-order valence-corrected chi connectivity index (χ1v) is 4.62. The maximum atomic E-state index is 11.3. The van der Waals surface area contributed by atoms with Gasteiger partial charge >= 0.3 is 0 Å². The Bertz CT molecular complexity index is 397. The van der Waals surface area contributed by atoms with Gasteiger partial charge in [-0.05, 0) is 35.0 Å². The van der Waals surface area contributed by atoms with Gasteiger partial charge in [0.1, 0.15) is 11.7 Å². The topological polar surface area (TPSA) is 51.1 Å². The largest absolute Gasteiger partial charge is 0.319 e. The summed E-state index contributed by atoms with van der Waals surface area (Å²) in [6, 6.07) is 3.10. The van der Waals surface area contributed by atoms with Crippen molar-refractivity contribution in [2.75, 3.05) is 0 Å². The number of aromatic nitrogens is 1. The van der Waals surface area contributed by atoms with Crippen molar-refractivity contribution in [3.8, 4) is 0 Å². The predicted octanol–water partition coefficient (Wildman–Crippen LogP) is 1.08. The number of halogens is 1. The van der Waals surface area contributed by atoms with E-state index in [4.69, 9.17) is 0 Å². The molecule has 0 saturated carbocycles. The minimum atomic E-state index is -0.339. The number of imide groups is 1. The first-order chi connectivity index (χ1) is 6.11. The van der Waals surface area contributed by atoms with Gasteiger partial charge in [-0.25, -0.2) is 0 Å². The van der Waals surface area contributed by atoms with Gasteiger partial charge < -0.3 is 4.57 Å². The number of hydrogen-bond donors (Lipinski definition) is 1. The third-order valence-electron chi connectivity index (χ3n) is 2.10. The van der Waals surface area contributed by atoms with E-state index < -0.39 is 0 Å². The van der Waals surface area contributed by atoms with Crippen molar-refractivity contribution in [1.82, 2.24) is 9.88 Å². The van der Waals surface area contributed by atoms with E-state index in [0.29, 0.717) is 5.69 Å². The molecule has 1 aliphatic heterocycles. The highest BCUT2D eigenvalue weighted by Gasteiger charge is 2.29. The molecule has 0 fully saturated rings. The fourth-order valence-electron chi connectivity index (χ4n) is 1.40. The van der Waals surface area contributed by atoms with Crippen LogP contribution in [0.3, 0.4) is 0 Å². The van der Waals surface area contributed by atoms with Crippen LogP contribution in [0.5, 0.6) is 0 Å². The Morgan fingerprint density at radius 2 is 2.15 bits per heavy atom. The molecule has 1 aliphatic rings. The van der Waals surface area contributed by atoms with Crippen molar-refractivity contribution in [3.63, 3.8) is 0 Å². The van der Waals surface area contributed by atoms with Crippen molar-refractivity contribution >= 4 is 27.7 Å². The summed E-state index contributed by atoms with van der Waals surface area (Å²) in [6.07, 6.45) is 0. The maximum Gasteiger partial charge on any atom is 0.274 e. The minimum Gasteiger partial charge on any atom is -0.319 e. The number of carbonyl (C=O) groups excluding carboxylic acids is 2. The second-order valence-corrected chi connectivity index (χ2v) is 3.72. The number of amides is 2. The molecule has 1 N–H and O–H groups in total. The molecular weight excluding hydrogens is 236 g/mol. The fraction of sp³-hybridized carbons (Fsp3) is 0.250. The van der Waals surface area contributed by atoms with Crippen LogP contribution in [0.25, 0.3) is 0 Å². The van der Waals surface area contributed by atoms with Gasteiger partial charge in [0.15, 0.2) is 0 Å². The molecule has 13 heavy (non-hydrogen) atoms. The number of carbonyl (C=O) groups is 2. The number of nitrogens with one attached hydrogen (secondary N) is 1. The van der Waals surface area contributed by atoms with Crippen LogP contribution in [0, 0.1) is 0 Å². The summed E-state index contributed by atoms with van der Waals surface area (Å²) in [4.78, 5) is 22.5. The van der Waals surface area contributed by atoms with Crippen LogP contribution < -0.4 is 5.32 Å². The van der Waals surface area contributed by atoms with Gasteiger partial charge in [0.05, 0.1) is 4.60 Å². The summed E-state index contributed by atoms with van der Waals surface area (Å²) < 4.78 is 2.42. The molecular formula is C8H7BrN2O2. The van der Waals surface area contributed by atoms with Crippen molar-refractivity contribution in [2.45, 2.75) is 13.0 Å². The quantitative estimate of drug-likeness (QED) is 0.693. The van der Waals surface area contributed by atoms with E-state index in [0.717, 1.165) is 4.60 Å². The summed E-state index contributed by atoms with van der Waals surface area (Å²) in [7, 11) is 0. The highest BCUT2D eigenvalue weighted by molar-refractivity contribution is 9.10. The molecule has 0 aliphatic carbocycles. The van der Waals surface area contributed by atoms with Crippen molar-refractivity contribution in [3.05, 3.63) is 22.4 Å². The highest BCUT2D eigenvalue weighted by Crippen LogP contribution is 2.24. The standard InChI is InChI=1S/C8H7BrN2O2/c1-4-7(12)10-8(13)5-2-3-6(9)11(4)5/h2-4H,1H3,(H,10,12,13)/t4-/m0/s1. The van der Waals surface area contributed by atoms with Crippen molar-refractivity contribution in [2.24, 2.45) is 0 Å². The third-order valence-corrected chi connectivity index (χ3v) is 2.75. The van der Waals surface area contributed by atoms with E-state index in [1.54, 1.807) is 23.6 Å². The molecule has 4 nitrogen and oxygen atoms in total. The zero-order chi connectivity index (χ0) is 9.59. The number of hydrogen-bond acceptors (Lipinski definition) is 2. The van der Waals surface area contributed by atoms with Crippen LogP contribution in [0.2, 0.25) is 0 Å². The minimum absolute atomic E-state index is 0.269. The third kappa shape index (κ3) is 1.11. The van der Waals surface area contributed by atoms with Gasteiger partial charge in [-0.1, -0.05) is 0 Å². The van der Waals surface area contributed by atoms with E-state index in [1.165, 1.54) is 0 Å². The smallest absolute Gasteiger partial charge is 0.274 e. The highest BCUT2D eigenvalue weighted by atomic mass is 79.9. The summed E-state index contributed by atoms with van der Waals surface area (Å²) in [5.74, 6) is -0.608. The molecule has 1 atom stereocenters. The molecule has 2 amide bonds. The molecule has 2 rings (SSSR count). The molecule has 68 valence electrons. The second-order valence-electron chi connectivity index (χ2n) is 2.91. The summed E-state index contributed by atoms with van der Waals surface area (Å²) in [5.41, 5.74) is 0.513. The van der Waals surface area contributed by atoms with Gasteiger partial charge in [-0.2, -0.15) is 0 Å². The van der Waals surface area contributed by atoms with Crippen LogP contribution in [-0.4, -0.2) is 16.4 Å². The van der Waals surface area contributed by atoms with Crippen LogP contribution in [0.1, 0.15) is 23.5 Å². The predicted molar refractivity (Wildman–Crippen MR) is 49.3 cm³/mol. The lowest BCUT2D eigenvalue weighted by Crippen LogP contribution is -2.42. The second kappa shape index (κ2) is 2.70. The molecule has 0 unspecified atom stereocenters.